The molecule has 8 heteroatoms. The lowest BCUT2D eigenvalue weighted by atomic mass is 10.2. The number of H-pyrrole nitrogens is 1. The van der Waals surface area contributed by atoms with Gasteiger partial charge in [0.2, 0.25) is 5.91 Å². The number of halogens is 1. The van der Waals surface area contributed by atoms with Crippen LogP contribution in [0.4, 0.5) is 0 Å². The number of amides is 1. The predicted octanol–water partition coefficient (Wildman–Crippen LogP) is -0.0681. The number of rotatable bonds is 2. The summed E-state index contributed by atoms with van der Waals surface area (Å²) in [6, 6.07) is 6.84. The summed E-state index contributed by atoms with van der Waals surface area (Å²) in [5, 5.41) is 3.61. The smallest absolute Gasteiger partial charge is 0.329 e. The van der Waals surface area contributed by atoms with Crippen LogP contribution in [0.3, 0.4) is 0 Å². The van der Waals surface area contributed by atoms with Gasteiger partial charge in [0.15, 0.2) is 0 Å². The third-order valence-corrected chi connectivity index (χ3v) is 4.00. The Labute approximate surface area is 138 Å². The van der Waals surface area contributed by atoms with E-state index in [1.165, 1.54) is 0 Å². The number of aromatic nitrogens is 2. The number of nitrogens with one attached hydrogen (secondary N) is 2. The monoisotopic (exact) mass is 338 g/mol. The van der Waals surface area contributed by atoms with Gasteiger partial charge in [0.25, 0.3) is 5.56 Å². The highest BCUT2D eigenvalue weighted by Crippen LogP contribution is 2.05. The molecular weight excluding hydrogens is 320 g/mol. The largest absolute Gasteiger partial charge is 0.336 e. The molecule has 1 amide bonds. The number of carbonyl (C=O) groups excluding carboxylic acids is 1. The number of fused-ring (bicyclic) bond motifs is 1. The third-order valence-electron chi connectivity index (χ3n) is 4.00. The summed E-state index contributed by atoms with van der Waals surface area (Å²) in [7, 11) is 0. The van der Waals surface area contributed by atoms with Crippen molar-refractivity contribution in [2.24, 2.45) is 0 Å². The van der Waals surface area contributed by atoms with E-state index in [4.69, 9.17) is 0 Å². The molecule has 2 heterocycles. The topological polar surface area (TPSA) is 87.2 Å². The van der Waals surface area contributed by atoms with Crippen LogP contribution < -0.4 is 16.6 Å². The maximum absolute atomic E-state index is 12.4. The molecule has 2 aromatic rings. The van der Waals surface area contributed by atoms with Gasteiger partial charge in [0, 0.05) is 25.7 Å². The molecular formula is C15H19ClN4O3. The van der Waals surface area contributed by atoms with E-state index in [9.17, 15) is 14.4 Å². The molecule has 0 bridgehead atoms. The summed E-state index contributed by atoms with van der Waals surface area (Å²) >= 11 is 0. The van der Waals surface area contributed by atoms with Crippen molar-refractivity contribution in [1.82, 2.24) is 19.8 Å². The number of hydrogen-bond acceptors (Lipinski definition) is 4. The van der Waals surface area contributed by atoms with Crippen LogP contribution in [0.5, 0.6) is 0 Å². The second kappa shape index (κ2) is 6.97. The minimum absolute atomic E-state index is 0. The van der Waals surface area contributed by atoms with Crippen LogP contribution in [0.2, 0.25) is 0 Å². The van der Waals surface area contributed by atoms with Gasteiger partial charge in [-0.15, -0.1) is 12.4 Å². The Morgan fingerprint density at radius 3 is 2.78 bits per heavy atom. The summed E-state index contributed by atoms with van der Waals surface area (Å²) in [6.07, 6.45) is 0. The van der Waals surface area contributed by atoms with Gasteiger partial charge < -0.3 is 15.2 Å². The zero-order valence-corrected chi connectivity index (χ0v) is 13.6. The van der Waals surface area contributed by atoms with Crippen LogP contribution in [0.15, 0.2) is 33.9 Å². The van der Waals surface area contributed by atoms with Crippen LogP contribution in [-0.4, -0.2) is 46.0 Å². The molecule has 7 nitrogen and oxygen atoms in total. The first-order chi connectivity index (χ1) is 10.6. The molecule has 0 unspecified atom stereocenters. The molecule has 3 rings (SSSR count). The molecule has 124 valence electrons. The van der Waals surface area contributed by atoms with Crippen molar-refractivity contribution >= 4 is 29.2 Å². The van der Waals surface area contributed by atoms with Crippen molar-refractivity contribution in [3.63, 3.8) is 0 Å². The fourth-order valence-corrected chi connectivity index (χ4v) is 2.78. The number of carbonyl (C=O) groups is 1. The van der Waals surface area contributed by atoms with Gasteiger partial charge in [-0.3, -0.25) is 14.2 Å². The highest BCUT2D eigenvalue weighted by Gasteiger charge is 2.24. The fraction of sp³-hybridized carbons (Fsp3) is 0.400. The molecule has 23 heavy (non-hydrogen) atoms. The number of benzene rings is 1. The molecule has 1 aliphatic rings. The summed E-state index contributed by atoms with van der Waals surface area (Å²) in [5.41, 5.74) is -0.507. The molecule has 0 saturated carbocycles. The van der Waals surface area contributed by atoms with Crippen molar-refractivity contribution < 1.29 is 4.79 Å². The average molecular weight is 339 g/mol. The average Bonchev–Trinajstić information content (AvgIpc) is 2.51. The minimum atomic E-state index is -0.556. The quantitative estimate of drug-likeness (QED) is 0.802. The molecule has 1 aromatic carbocycles. The van der Waals surface area contributed by atoms with E-state index in [2.05, 4.69) is 10.3 Å². The van der Waals surface area contributed by atoms with Crippen molar-refractivity contribution in [2.75, 3.05) is 19.6 Å². The van der Waals surface area contributed by atoms with Crippen LogP contribution in [-0.2, 0) is 11.3 Å². The fourth-order valence-electron chi connectivity index (χ4n) is 2.78. The Morgan fingerprint density at radius 1 is 1.30 bits per heavy atom. The van der Waals surface area contributed by atoms with E-state index in [0.717, 1.165) is 11.1 Å². The van der Waals surface area contributed by atoms with Crippen LogP contribution in [0.1, 0.15) is 6.92 Å². The second-order valence-corrected chi connectivity index (χ2v) is 5.51. The van der Waals surface area contributed by atoms with Gasteiger partial charge >= 0.3 is 5.69 Å². The molecule has 1 fully saturated rings. The minimum Gasteiger partial charge on any atom is -0.336 e. The Bertz CT molecular complexity index is 829. The predicted molar refractivity (Wildman–Crippen MR) is 90.1 cm³/mol. The zero-order chi connectivity index (χ0) is 15.7. The van der Waals surface area contributed by atoms with Crippen molar-refractivity contribution in [2.45, 2.75) is 19.5 Å². The Morgan fingerprint density at radius 2 is 2.04 bits per heavy atom. The van der Waals surface area contributed by atoms with Gasteiger partial charge in [-0.05, 0) is 19.1 Å². The first-order valence-corrected chi connectivity index (χ1v) is 7.30. The highest BCUT2D eigenvalue weighted by atomic mass is 35.5. The number of aromatic amines is 1. The maximum atomic E-state index is 12.4. The SMILES string of the molecule is C[C@H]1CNCCN1C(=O)Cn1c(=O)[nH]c2ccccc2c1=O.Cl. The summed E-state index contributed by atoms with van der Waals surface area (Å²) < 4.78 is 0.972. The normalized spacial score (nSPS) is 17.8. The molecule has 1 aromatic heterocycles. The van der Waals surface area contributed by atoms with E-state index in [1.807, 2.05) is 6.92 Å². The van der Waals surface area contributed by atoms with Gasteiger partial charge in [0.1, 0.15) is 6.54 Å². The molecule has 0 spiro atoms. The molecule has 2 N–H and O–H groups in total. The third kappa shape index (κ3) is 3.30. The number of hydrogen-bond donors (Lipinski definition) is 2. The summed E-state index contributed by atoms with van der Waals surface area (Å²) in [5.74, 6) is -0.211. The van der Waals surface area contributed by atoms with Crippen LogP contribution >= 0.6 is 12.4 Å². The summed E-state index contributed by atoms with van der Waals surface area (Å²) in [4.78, 5) is 41.2. The molecule has 1 saturated heterocycles. The molecule has 0 aliphatic carbocycles. The first-order valence-electron chi connectivity index (χ1n) is 7.30. The zero-order valence-electron chi connectivity index (χ0n) is 12.7. The lowest BCUT2D eigenvalue weighted by molar-refractivity contribution is -0.134. The Balaban J connectivity index is 0.00000192. The van der Waals surface area contributed by atoms with E-state index >= 15 is 0 Å². The molecule has 0 radical (unpaired) electrons. The molecule has 1 atom stereocenters. The van der Waals surface area contributed by atoms with Gasteiger partial charge in [-0.2, -0.15) is 0 Å². The Kier molecular flexibility index (Phi) is 5.23. The van der Waals surface area contributed by atoms with Gasteiger partial charge in [-0.25, -0.2) is 4.79 Å². The van der Waals surface area contributed by atoms with Gasteiger partial charge in [-0.1, -0.05) is 12.1 Å². The Hall–Kier alpha value is -2.12. The maximum Gasteiger partial charge on any atom is 0.329 e. The van der Waals surface area contributed by atoms with E-state index in [1.54, 1.807) is 29.2 Å². The van der Waals surface area contributed by atoms with E-state index < -0.39 is 11.2 Å². The van der Waals surface area contributed by atoms with Crippen LogP contribution in [0.25, 0.3) is 10.9 Å². The molecule has 1 aliphatic heterocycles. The second-order valence-electron chi connectivity index (χ2n) is 5.51. The number of para-hydroxylation sites is 1. The van der Waals surface area contributed by atoms with Crippen molar-refractivity contribution in [3.8, 4) is 0 Å². The van der Waals surface area contributed by atoms with Crippen molar-refractivity contribution in [1.29, 1.82) is 0 Å². The lowest BCUT2D eigenvalue weighted by Crippen LogP contribution is -2.54. The summed E-state index contributed by atoms with van der Waals surface area (Å²) in [6.45, 7) is 3.73. The number of piperazine rings is 1. The standard InChI is InChI=1S/C15H18N4O3.ClH/c1-10-8-16-6-7-18(10)13(20)9-19-14(21)11-4-2-3-5-12(11)17-15(19)22;/h2-5,10,16H,6-9H2,1H3,(H,17,22);1H/t10-;/m0./s1. The van der Waals surface area contributed by atoms with E-state index in [0.29, 0.717) is 24.0 Å². The van der Waals surface area contributed by atoms with Crippen molar-refractivity contribution in [3.05, 3.63) is 45.1 Å². The van der Waals surface area contributed by atoms with E-state index in [-0.39, 0.29) is 30.9 Å². The lowest BCUT2D eigenvalue weighted by Gasteiger charge is -2.34. The van der Waals surface area contributed by atoms with Gasteiger partial charge in [0.05, 0.1) is 10.9 Å². The van der Waals surface area contributed by atoms with Crippen LogP contribution in [0, 0.1) is 0 Å². The first kappa shape index (κ1) is 17.2. The number of nitrogens with zero attached hydrogens (tertiary/aromatic N) is 2. The highest BCUT2D eigenvalue weighted by molar-refractivity contribution is 5.85.